The lowest BCUT2D eigenvalue weighted by Crippen LogP contribution is -2.30. The number of aromatic nitrogens is 2. The summed E-state index contributed by atoms with van der Waals surface area (Å²) in [4.78, 5) is 24.6. The number of nitrogens with zero attached hydrogens (tertiary/aromatic N) is 2. The van der Waals surface area contributed by atoms with Crippen molar-refractivity contribution in [3.63, 3.8) is 0 Å². The molecule has 0 aliphatic rings. The maximum Gasteiger partial charge on any atom is 0.313 e. The van der Waals surface area contributed by atoms with Crippen molar-refractivity contribution in [2.24, 2.45) is 0 Å². The lowest BCUT2D eigenvalue weighted by Gasteiger charge is -2.16. The molecule has 0 radical (unpaired) electrons. The van der Waals surface area contributed by atoms with Gasteiger partial charge in [0, 0.05) is 5.56 Å². The van der Waals surface area contributed by atoms with E-state index in [2.05, 4.69) is 5.10 Å². The molecule has 1 heterocycles. The van der Waals surface area contributed by atoms with Crippen molar-refractivity contribution in [3.05, 3.63) is 58.0 Å². The van der Waals surface area contributed by atoms with Crippen molar-refractivity contribution in [3.8, 4) is 5.69 Å². The van der Waals surface area contributed by atoms with E-state index in [1.165, 1.54) is 11.8 Å². The number of carbonyl (C=O) groups is 1. The fourth-order valence-electron chi connectivity index (χ4n) is 2.36. The van der Waals surface area contributed by atoms with E-state index in [4.69, 9.17) is 4.74 Å². The van der Waals surface area contributed by atoms with Gasteiger partial charge in [-0.25, -0.2) is 0 Å². The van der Waals surface area contributed by atoms with Crippen LogP contribution in [0.5, 0.6) is 0 Å². The van der Waals surface area contributed by atoms with Crippen LogP contribution in [0.3, 0.4) is 0 Å². The van der Waals surface area contributed by atoms with E-state index in [0.717, 1.165) is 0 Å². The van der Waals surface area contributed by atoms with Gasteiger partial charge in [-0.2, -0.15) is 9.78 Å². The van der Waals surface area contributed by atoms with Gasteiger partial charge in [0.1, 0.15) is 0 Å². The standard InChI is InChI=1S/C16H18N2O3/c1-4-13(16(20)21-3)14-11(2)10-17-18(15(14)19)12-8-6-5-7-9-12/h5-10,13H,4H2,1-3H3. The third-order valence-electron chi connectivity index (χ3n) is 3.46. The van der Waals surface area contributed by atoms with Crippen LogP contribution < -0.4 is 5.56 Å². The van der Waals surface area contributed by atoms with E-state index < -0.39 is 11.9 Å². The van der Waals surface area contributed by atoms with Crippen LogP contribution in [0, 0.1) is 6.92 Å². The smallest absolute Gasteiger partial charge is 0.313 e. The number of methoxy groups -OCH3 is 1. The zero-order valence-corrected chi connectivity index (χ0v) is 12.4. The molecule has 0 spiro atoms. The maximum absolute atomic E-state index is 12.7. The first-order valence-electron chi connectivity index (χ1n) is 6.82. The van der Waals surface area contributed by atoms with Gasteiger partial charge in [0.05, 0.1) is 24.9 Å². The quantitative estimate of drug-likeness (QED) is 0.808. The van der Waals surface area contributed by atoms with Gasteiger partial charge in [-0.1, -0.05) is 25.1 Å². The Bertz CT molecular complexity index is 692. The molecule has 1 aromatic carbocycles. The van der Waals surface area contributed by atoms with Gasteiger partial charge in [-0.15, -0.1) is 0 Å². The third-order valence-corrected chi connectivity index (χ3v) is 3.46. The molecular weight excluding hydrogens is 268 g/mol. The molecule has 5 heteroatoms. The van der Waals surface area contributed by atoms with Crippen LogP contribution in [0.2, 0.25) is 0 Å². The van der Waals surface area contributed by atoms with Gasteiger partial charge in [0.2, 0.25) is 0 Å². The minimum Gasteiger partial charge on any atom is -0.469 e. The average Bonchev–Trinajstić information content (AvgIpc) is 2.51. The summed E-state index contributed by atoms with van der Waals surface area (Å²) < 4.78 is 6.12. The predicted molar refractivity (Wildman–Crippen MR) is 79.6 cm³/mol. The van der Waals surface area contributed by atoms with E-state index in [1.807, 2.05) is 25.1 Å². The first kappa shape index (κ1) is 15.0. The molecule has 0 aliphatic heterocycles. The van der Waals surface area contributed by atoms with Gasteiger partial charge in [0.15, 0.2) is 0 Å². The summed E-state index contributed by atoms with van der Waals surface area (Å²) in [5.41, 5.74) is 1.54. The summed E-state index contributed by atoms with van der Waals surface area (Å²) in [5, 5.41) is 4.16. The van der Waals surface area contributed by atoms with Crippen LogP contribution >= 0.6 is 0 Å². The van der Waals surface area contributed by atoms with E-state index in [1.54, 1.807) is 25.3 Å². The van der Waals surface area contributed by atoms with Gasteiger partial charge in [0.25, 0.3) is 5.56 Å². The highest BCUT2D eigenvalue weighted by Gasteiger charge is 2.25. The minimum atomic E-state index is -0.569. The summed E-state index contributed by atoms with van der Waals surface area (Å²) in [6.45, 7) is 3.64. The molecule has 0 aliphatic carbocycles. The molecule has 0 saturated carbocycles. The fourth-order valence-corrected chi connectivity index (χ4v) is 2.36. The molecule has 5 nitrogen and oxygen atoms in total. The summed E-state index contributed by atoms with van der Waals surface area (Å²) in [5.74, 6) is -0.969. The first-order chi connectivity index (χ1) is 10.1. The Balaban J connectivity index is 2.62. The SMILES string of the molecule is CCC(C(=O)OC)c1c(C)cnn(-c2ccccc2)c1=O. The Hall–Kier alpha value is -2.43. The molecule has 0 bridgehead atoms. The van der Waals surface area contributed by atoms with Crippen molar-refractivity contribution in [2.75, 3.05) is 7.11 Å². The third kappa shape index (κ3) is 2.86. The summed E-state index contributed by atoms with van der Waals surface area (Å²) in [6.07, 6.45) is 2.11. The molecule has 0 N–H and O–H groups in total. The Morgan fingerprint density at radius 2 is 2.00 bits per heavy atom. The Morgan fingerprint density at radius 3 is 2.57 bits per heavy atom. The van der Waals surface area contributed by atoms with Crippen LogP contribution in [0.4, 0.5) is 0 Å². The van der Waals surface area contributed by atoms with E-state index in [0.29, 0.717) is 23.2 Å². The Kier molecular flexibility index (Phi) is 4.52. The molecule has 0 amide bonds. The second-order valence-electron chi connectivity index (χ2n) is 4.78. The minimum absolute atomic E-state index is 0.279. The number of aryl methyl sites for hydroxylation is 1. The largest absolute Gasteiger partial charge is 0.469 e. The summed E-state index contributed by atoms with van der Waals surface area (Å²) >= 11 is 0. The molecule has 1 aromatic heterocycles. The average molecular weight is 286 g/mol. The van der Waals surface area contributed by atoms with Gasteiger partial charge < -0.3 is 4.74 Å². The van der Waals surface area contributed by atoms with Crippen molar-refractivity contribution in [1.82, 2.24) is 9.78 Å². The number of carbonyl (C=O) groups excluding carboxylic acids is 1. The topological polar surface area (TPSA) is 61.2 Å². The molecule has 1 unspecified atom stereocenters. The molecule has 2 rings (SSSR count). The molecule has 0 fully saturated rings. The second-order valence-corrected chi connectivity index (χ2v) is 4.78. The summed E-state index contributed by atoms with van der Waals surface area (Å²) in [6, 6.07) is 9.13. The number of benzene rings is 1. The van der Waals surface area contributed by atoms with E-state index >= 15 is 0 Å². The summed E-state index contributed by atoms with van der Waals surface area (Å²) in [7, 11) is 1.33. The number of hydrogen-bond donors (Lipinski definition) is 0. The zero-order chi connectivity index (χ0) is 15.4. The second kappa shape index (κ2) is 6.35. The fraction of sp³-hybridized carbons (Fsp3) is 0.312. The number of ether oxygens (including phenoxy) is 1. The highest BCUT2D eigenvalue weighted by molar-refractivity contribution is 5.78. The van der Waals surface area contributed by atoms with Crippen molar-refractivity contribution < 1.29 is 9.53 Å². The lowest BCUT2D eigenvalue weighted by atomic mass is 9.95. The molecule has 2 aromatic rings. The van der Waals surface area contributed by atoms with E-state index in [-0.39, 0.29) is 5.56 Å². The maximum atomic E-state index is 12.7. The van der Waals surface area contributed by atoms with Crippen LogP contribution in [0.1, 0.15) is 30.4 Å². The lowest BCUT2D eigenvalue weighted by molar-refractivity contribution is -0.142. The van der Waals surface area contributed by atoms with Crippen LogP contribution in [-0.4, -0.2) is 22.9 Å². The predicted octanol–water partition coefficient (Wildman–Crippen LogP) is 2.21. The van der Waals surface area contributed by atoms with Gasteiger partial charge >= 0.3 is 5.97 Å². The van der Waals surface area contributed by atoms with Crippen LogP contribution in [0.15, 0.2) is 41.3 Å². The van der Waals surface area contributed by atoms with Gasteiger partial charge in [-0.05, 0) is 31.0 Å². The van der Waals surface area contributed by atoms with Crippen LogP contribution in [-0.2, 0) is 9.53 Å². The number of esters is 1. The monoisotopic (exact) mass is 286 g/mol. The Morgan fingerprint density at radius 1 is 1.33 bits per heavy atom. The highest BCUT2D eigenvalue weighted by Crippen LogP contribution is 2.21. The Labute approximate surface area is 123 Å². The van der Waals surface area contributed by atoms with Gasteiger partial charge in [-0.3, -0.25) is 9.59 Å². The number of para-hydroxylation sites is 1. The molecular formula is C16H18N2O3. The zero-order valence-electron chi connectivity index (χ0n) is 12.4. The van der Waals surface area contributed by atoms with Crippen molar-refractivity contribution in [2.45, 2.75) is 26.2 Å². The molecule has 0 saturated heterocycles. The highest BCUT2D eigenvalue weighted by atomic mass is 16.5. The molecule has 1 atom stereocenters. The number of hydrogen-bond acceptors (Lipinski definition) is 4. The number of rotatable bonds is 4. The molecule has 21 heavy (non-hydrogen) atoms. The normalized spacial score (nSPS) is 12.0. The van der Waals surface area contributed by atoms with E-state index in [9.17, 15) is 9.59 Å². The molecule has 110 valence electrons. The van der Waals surface area contributed by atoms with Crippen molar-refractivity contribution in [1.29, 1.82) is 0 Å². The first-order valence-corrected chi connectivity index (χ1v) is 6.82. The van der Waals surface area contributed by atoms with Crippen LogP contribution in [0.25, 0.3) is 5.69 Å². The van der Waals surface area contributed by atoms with Crippen molar-refractivity contribution >= 4 is 5.97 Å².